The Balaban J connectivity index is 1.22. The summed E-state index contributed by atoms with van der Waals surface area (Å²) in [6.45, 7) is 8.10. The fourth-order valence-electron chi connectivity index (χ4n) is 7.16. The number of hydrogen-bond acceptors (Lipinski definition) is 12. The van der Waals surface area contributed by atoms with Crippen molar-refractivity contribution in [2.75, 3.05) is 49.9 Å². The fraction of sp³-hybridized carbons (Fsp3) is 0.400. The zero-order chi connectivity index (χ0) is 43.5. The number of non-ortho nitro benzene ring substituents is 1. The third-order valence-corrected chi connectivity index (χ3v) is 13.7. The summed E-state index contributed by atoms with van der Waals surface area (Å²) in [5.41, 5.74) is 2.58. The molecule has 17 nitrogen and oxygen atoms in total. The summed E-state index contributed by atoms with van der Waals surface area (Å²) in [6.07, 6.45) is 3.26. The summed E-state index contributed by atoms with van der Waals surface area (Å²) in [6, 6.07) is 7.38. The number of rotatable bonds is 17. The molecule has 6 rings (SSSR count). The molecule has 0 saturated heterocycles. The molecule has 0 fully saturated rings. The molecule has 2 aliphatic heterocycles. The SMILES string of the molecule is CCCCN(CCSSC(C)(C)CC(=O)NCN1C(=O)C=CC1=O)C(=O)Oc1cc2c(c3c(C(=O)OC)c(C)[nH]c13)[C@H](CCl)CN2C(=O)c1cc2cc([N+](=O)[O-])ccc2[nH]1. The molecule has 2 aromatic heterocycles. The van der Waals surface area contributed by atoms with Gasteiger partial charge in [0.1, 0.15) is 12.4 Å². The first-order valence-corrected chi connectivity index (χ1v) is 21.9. The summed E-state index contributed by atoms with van der Waals surface area (Å²) in [7, 11) is 4.21. The number of aromatic nitrogens is 2. The van der Waals surface area contributed by atoms with Crippen molar-refractivity contribution in [2.45, 2.75) is 57.6 Å². The largest absolute Gasteiger partial charge is 0.465 e. The van der Waals surface area contributed by atoms with E-state index in [9.17, 15) is 38.9 Å². The van der Waals surface area contributed by atoms with Gasteiger partial charge in [-0.05, 0) is 44.9 Å². The Labute approximate surface area is 357 Å². The van der Waals surface area contributed by atoms with Crippen LogP contribution in [0.3, 0.4) is 0 Å². The van der Waals surface area contributed by atoms with E-state index in [1.165, 1.54) is 57.9 Å². The highest BCUT2D eigenvalue weighted by Crippen LogP contribution is 2.48. The monoisotopic (exact) mass is 881 g/mol. The van der Waals surface area contributed by atoms with Crippen molar-refractivity contribution in [2.24, 2.45) is 0 Å². The van der Waals surface area contributed by atoms with E-state index in [4.69, 9.17) is 21.1 Å². The second-order valence-electron chi connectivity index (χ2n) is 14.9. The smallest absolute Gasteiger partial charge is 0.415 e. The molecule has 2 aliphatic rings. The number of halogens is 1. The average Bonchev–Trinajstić information content (AvgIpc) is 3.98. The first-order valence-electron chi connectivity index (χ1n) is 19.1. The van der Waals surface area contributed by atoms with Crippen LogP contribution in [0.25, 0.3) is 21.8 Å². The van der Waals surface area contributed by atoms with E-state index < -0.39 is 45.4 Å². The molecule has 0 radical (unpaired) electrons. The molecule has 0 unspecified atom stereocenters. The van der Waals surface area contributed by atoms with E-state index in [1.807, 2.05) is 20.8 Å². The lowest BCUT2D eigenvalue weighted by molar-refractivity contribution is -0.384. The number of nitro groups is 1. The Kier molecular flexibility index (Phi) is 13.5. The van der Waals surface area contributed by atoms with Gasteiger partial charge in [-0.3, -0.25) is 34.2 Å². The van der Waals surface area contributed by atoms with Crippen LogP contribution in [0.15, 0.2) is 42.5 Å². The Morgan fingerprint density at radius 2 is 1.83 bits per heavy atom. The highest BCUT2D eigenvalue weighted by Gasteiger charge is 2.39. The lowest BCUT2D eigenvalue weighted by atomic mass is 9.95. The normalized spacial score (nSPS) is 14.9. The van der Waals surface area contributed by atoms with E-state index in [1.54, 1.807) is 17.9 Å². The molecular formula is C40H44ClN7O10S2. The number of nitrogens with one attached hydrogen (secondary N) is 3. The standard InChI is InChI=1S/C40H44ClN7O10S2/c1-6-7-12-45(13-14-59-60-40(3,4)18-30(49)42-21-47-31(50)10-11-32(47)51)39(54)58-29-17-28-34(35-33(38(53)57-5)22(2)43-36(29)35)24(19-41)20-46(28)37(52)27-16-23-15-25(48(55)56)8-9-26(23)44-27/h8-11,15-17,24,43-44H,6-7,12-14,18-21H2,1-5H3,(H,42,49)/t24-/m1/s1. The number of imide groups is 1. The van der Waals surface area contributed by atoms with Gasteiger partial charge < -0.3 is 34.6 Å². The van der Waals surface area contributed by atoms with Gasteiger partial charge in [0.25, 0.3) is 23.4 Å². The zero-order valence-corrected chi connectivity index (χ0v) is 35.9. The van der Waals surface area contributed by atoms with Gasteiger partial charge in [-0.15, -0.1) is 11.6 Å². The summed E-state index contributed by atoms with van der Waals surface area (Å²) in [5, 5.41) is 14.9. The minimum Gasteiger partial charge on any atom is -0.465 e. The first kappa shape index (κ1) is 44.0. The van der Waals surface area contributed by atoms with E-state index >= 15 is 0 Å². The number of aryl methyl sites for hydroxylation is 1. The van der Waals surface area contributed by atoms with Crippen LogP contribution in [-0.2, 0) is 19.1 Å². The van der Waals surface area contributed by atoms with Gasteiger partial charge in [0.15, 0.2) is 5.75 Å². The predicted octanol–water partition coefficient (Wildman–Crippen LogP) is 6.78. The minimum absolute atomic E-state index is 0.0797. The van der Waals surface area contributed by atoms with Crippen molar-refractivity contribution in [3.05, 3.63) is 75.1 Å². The van der Waals surface area contributed by atoms with Crippen molar-refractivity contribution in [1.82, 2.24) is 25.1 Å². The number of anilines is 1. The summed E-state index contributed by atoms with van der Waals surface area (Å²) in [5.74, 6) is -2.15. The minimum atomic E-state index is -0.650. The molecule has 4 heterocycles. The van der Waals surface area contributed by atoms with Gasteiger partial charge in [0.05, 0.1) is 28.8 Å². The number of alkyl halides is 1. The number of hydrogen-bond donors (Lipinski definition) is 3. The van der Waals surface area contributed by atoms with E-state index in [2.05, 4.69) is 15.3 Å². The molecule has 5 amide bonds. The average molecular weight is 882 g/mol. The second kappa shape index (κ2) is 18.4. The van der Waals surface area contributed by atoms with Gasteiger partial charge in [-0.25, -0.2) is 9.59 Å². The quantitative estimate of drug-likeness (QED) is 0.0190. The number of esters is 1. The van der Waals surface area contributed by atoms with Crippen LogP contribution in [0.5, 0.6) is 5.75 Å². The van der Waals surface area contributed by atoms with Gasteiger partial charge in [-0.2, -0.15) is 0 Å². The van der Waals surface area contributed by atoms with Crippen molar-refractivity contribution in [3.8, 4) is 5.75 Å². The van der Waals surface area contributed by atoms with Gasteiger partial charge in [0, 0.05) is 101 Å². The highest BCUT2D eigenvalue weighted by molar-refractivity contribution is 8.77. The van der Waals surface area contributed by atoms with E-state index in [0.717, 1.165) is 23.5 Å². The Morgan fingerprint density at radius 3 is 2.50 bits per heavy atom. The number of carbonyl (C=O) groups is 6. The number of nitrogens with zero attached hydrogens (tertiary/aromatic N) is 4. The third kappa shape index (κ3) is 9.27. The van der Waals surface area contributed by atoms with Gasteiger partial charge >= 0.3 is 12.1 Å². The molecule has 60 heavy (non-hydrogen) atoms. The summed E-state index contributed by atoms with van der Waals surface area (Å²) < 4.78 is 10.8. The maximum atomic E-state index is 14.3. The van der Waals surface area contributed by atoms with Gasteiger partial charge in [0.2, 0.25) is 5.91 Å². The van der Waals surface area contributed by atoms with Crippen LogP contribution in [0.1, 0.15) is 78.1 Å². The van der Waals surface area contributed by atoms with Crippen molar-refractivity contribution in [1.29, 1.82) is 0 Å². The highest BCUT2D eigenvalue weighted by atomic mass is 35.5. The number of unbranched alkanes of at least 4 members (excludes halogenated alkanes) is 1. The Bertz CT molecular complexity index is 2410. The number of carbonyl (C=O) groups excluding carboxylic acids is 6. The molecular weight excluding hydrogens is 838 g/mol. The van der Waals surface area contributed by atoms with Crippen molar-refractivity contribution < 1.29 is 43.2 Å². The van der Waals surface area contributed by atoms with E-state index in [-0.39, 0.29) is 54.1 Å². The molecule has 2 aromatic carbocycles. The molecule has 3 N–H and O–H groups in total. The molecule has 1 atom stereocenters. The number of nitro benzene ring substituents is 1. The maximum Gasteiger partial charge on any atom is 0.415 e. The van der Waals surface area contributed by atoms with Crippen LogP contribution < -0.4 is 15.0 Å². The number of benzene rings is 2. The molecule has 4 aromatic rings. The number of methoxy groups -OCH3 is 1. The molecule has 0 saturated carbocycles. The summed E-state index contributed by atoms with van der Waals surface area (Å²) >= 11 is 6.53. The van der Waals surface area contributed by atoms with Crippen LogP contribution in [-0.4, -0.2) is 110 Å². The first-order chi connectivity index (χ1) is 28.6. The van der Waals surface area contributed by atoms with Crippen molar-refractivity contribution >= 4 is 102 Å². The molecule has 0 spiro atoms. The lowest BCUT2D eigenvalue weighted by Gasteiger charge is -2.25. The third-order valence-electron chi connectivity index (χ3n) is 10.1. The number of amides is 5. The number of H-pyrrole nitrogens is 2. The van der Waals surface area contributed by atoms with Crippen LogP contribution in [0.4, 0.5) is 16.2 Å². The summed E-state index contributed by atoms with van der Waals surface area (Å²) in [4.78, 5) is 99.1. The van der Waals surface area contributed by atoms with Crippen molar-refractivity contribution in [3.63, 3.8) is 0 Å². The molecule has 318 valence electrons. The lowest BCUT2D eigenvalue weighted by Crippen LogP contribution is -2.42. The second-order valence-corrected chi connectivity index (χ2v) is 18.3. The van der Waals surface area contributed by atoms with Crippen LogP contribution >= 0.6 is 33.2 Å². The van der Waals surface area contributed by atoms with Crippen LogP contribution in [0.2, 0.25) is 0 Å². The molecule has 20 heteroatoms. The Hall–Kier alpha value is -5.53. The maximum absolute atomic E-state index is 14.3. The topological polar surface area (TPSA) is 217 Å². The molecule has 0 bridgehead atoms. The van der Waals surface area contributed by atoms with Crippen LogP contribution in [0, 0.1) is 17.0 Å². The number of aromatic amines is 2. The fourth-order valence-corrected chi connectivity index (χ4v) is 9.91. The number of fused-ring (bicyclic) bond motifs is 4. The number of ether oxygens (including phenoxy) is 2. The Morgan fingerprint density at radius 1 is 1.10 bits per heavy atom. The zero-order valence-electron chi connectivity index (χ0n) is 33.5. The van der Waals surface area contributed by atoms with E-state index in [0.29, 0.717) is 64.0 Å². The van der Waals surface area contributed by atoms with Gasteiger partial charge in [-0.1, -0.05) is 34.9 Å². The predicted molar refractivity (Wildman–Crippen MR) is 230 cm³/mol. The molecule has 0 aliphatic carbocycles.